The highest BCUT2D eigenvalue weighted by Crippen LogP contribution is 2.18. The van der Waals surface area contributed by atoms with Crippen molar-refractivity contribution in [3.63, 3.8) is 0 Å². The average Bonchev–Trinajstić information content (AvgIpc) is 2.90. The number of hydrogen-bond donors (Lipinski definition) is 3. The SMILES string of the molecule is CCCC(CCO)CN=C(NCC)NCCc1ccc(I)s1.I. The minimum atomic E-state index is 0. The van der Waals surface area contributed by atoms with Crippen LogP contribution in [0.1, 0.15) is 38.0 Å². The molecular weight excluding hydrogens is 536 g/mol. The van der Waals surface area contributed by atoms with Crippen LogP contribution in [-0.4, -0.2) is 37.3 Å². The lowest BCUT2D eigenvalue weighted by Gasteiger charge is -2.15. The Labute approximate surface area is 175 Å². The third kappa shape index (κ3) is 10.8. The Hall–Kier alpha value is 0.390. The maximum absolute atomic E-state index is 9.12. The van der Waals surface area contributed by atoms with Crippen molar-refractivity contribution in [1.82, 2.24) is 10.6 Å². The first-order valence-corrected chi connectivity index (χ1v) is 9.96. The van der Waals surface area contributed by atoms with Gasteiger partial charge in [0.05, 0.1) is 2.88 Å². The highest BCUT2D eigenvalue weighted by Gasteiger charge is 2.07. The molecule has 0 saturated heterocycles. The Kier molecular flexibility index (Phi) is 15.0. The van der Waals surface area contributed by atoms with Crippen molar-refractivity contribution in [1.29, 1.82) is 0 Å². The van der Waals surface area contributed by atoms with Gasteiger partial charge in [0.1, 0.15) is 0 Å². The van der Waals surface area contributed by atoms with Crippen molar-refractivity contribution >= 4 is 63.9 Å². The number of rotatable bonds is 10. The van der Waals surface area contributed by atoms with Gasteiger partial charge >= 0.3 is 0 Å². The first-order valence-electron chi connectivity index (χ1n) is 8.06. The number of aliphatic hydroxyl groups excluding tert-OH is 1. The molecule has 0 aliphatic heterocycles. The summed E-state index contributed by atoms with van der Waals surface area (Å²) in [4.78, 5) is 6.07. The van der Waals surface area contributed by atoms with E-state index < -0.39 is 0 Å². The van der Waals surface area contributed by atoms with Gasteiger partial charge in [-0.25, -0.2) is 0 Å². The van der Waals surface area contributed by atoms with Crippen LogP contribution in [0.5, 0.6) is 0 Å². The highest BCUT2D eigenvalue weighted by molar-refractivity contribution is 14.1. The maximum Gasteiger partial charge on any atom is 0.191 e. The topological polar surface area (TPSA) is 56.7 Å². The molecule has 0 aromatic carbocycles. The van der Waals surface area contributed by atoms with Crippen LogP contribution >= 0.6 is 57.9 Å². The second kappa shape index (κ2) is 14.7. The van der Waals surface area contributed by atoms with Gasteiger partial charge in [-0.15, -0.1) is 35.3 Å². The molecule has 7 heteroatoms. The number of guanidine groups is 1. The molecule has 3 N–H and O–H groups in total. The number of nitrogens with one attached hydrogen (secondary N) is 2. The molecule has 0 saturated carbocycles. The summed E-state index contributed by atoms with van der Waals surface area (Å²) in [5.41, 5.74) is 0. The van der Waals surface area contributed by atoms with Gasteiger partial charge in [-0.05, 0) is 66.8 Å². The Morgan fingerprint density at radius 3 is 2.65 bits per heavy atom. The molecular formula is C16H29I2N3OS. The van der Waals surface area contributed by atoms with Gasteiger partial charge in [-0.1, -0.05) is 13.3 Å². The van der Waals surface area contributed by atoms with E-state index in [2.05, 4.69) is 64.2 Å². The van der Waals surface area contributed by atoms with Crippen LogP contribution in [0.4, 0.5) is 0 Å². The molecule has 1 rings (SSSR count). The van der Waals surface area contributed by atoms with Gasteiger partial charge in [0.15, 0.2) is 5.96 Å². The predicted octanol–water partition coefficient (Wildman–Crippen LogP) is 3.87. The summed E-state index contributed by atoms with van der Waals surface area (Å²) >= 11 is 4.20. The summed E-state index contributed by atoms with van der Waals surface area (Å²) in [6, 6.07) is 4.35. The van der Waals surface area contributed by atoms with Gasteiger partial charge < -0.3 is 15.7 Å². The van der Waals surface area contributed by atoms with Crippen LogP contribution in [-0.2, 0) is 6.42 Å². The van der Waals surface area contributed by atoms with Crippen LogP contribution in [0.15, 0.2) is 17.1 Å². The lowest BCUT2D eigenvalue weighted by Crippen LogP contribution is -2.38. The van der Waals surface area contributed by atoms with Gasteiger partial charge in [-0.2, -0.15) is 0 Å². The molecule has 1 heterocycles. The van der Waals surface area contributed by atoms with Crippen molar-refractivity contribution in [2.45, 2.75) is 39.5 Å². The van der Waals surface area contributed by atoms with Crippen molar-refractivity contribution in [3.8, 4) is 0 Å². The second-order valence-electron chi connectivity index (χ2n) is 5.27. The Morgan fingerprint density at radius 1 is 1.30 bits per heavy atom. The fraction of sp³-hybridized carbons (Fsp3) is 0.688. The molecule has 4 nitrogen and oxygen atoms in total. The molecule has 0 bridgehead atoms. The lowest BCUT2D eigenvalue weighted by atomic mass is 10.0. The molecule has 0 aliphatic carbocycles. The minimum absolute atomic E-state index is 0. The predicted molar refractivity (Wildman–Crippen MR) is 120 cm³/mol. The van der Waals surface area contributed by atoms with Crippen molar-refractivity contribution in [3.05, 3.63) is 19.9 Å². The largest absolute Gasteiger partial charge is 0.396 e. The number of aliphatic hydroxyl groups is 1. The molecule has 1 aromatic rings. The summed E-state index contributed by atoms with van der Waals surface area (Å²) in [6.45, 7) is 7.04. The molecule has 23 heavy (non-hydrogen) atoms. The smallest absolute Gasteiger partial charge is 0.191 e. The molecule has 0 amide bonds. The highest BCUT2D eigenvalue weighted by atomic mass is 127. The van der Waals surface area contributed by atoms with Crippen LogP contribution < -0.4 is 10.6 Å². The van der Waals surface area contributed by atoms with Crippen molar-refractivity contribution in [2.24, 2.45) is 10.9 Å². The van der Waals surface area contributed by atoms with E-state index in [-0.39, 0.29) is 30.6 Å². The summed E-state index contributed by atoms with van der Waals surface area (Å²) in [5.74, 6) is 1.36. The Balaban J connectivity index is 0.00000484. The number of hydrogen-bond acceptors (Lipinski definition) is 3. The normalized spacial score (nSPS) is 12.6. The van der Waals surface area contributed by atoms with Crippen LogP contribution in [0.25, 0.3) is 0 Å². The summed E-state index contributed by atoms with van der Waals surface area (Å²) in [5, 5.41) is 15.8. The summed E-state index contributed by atoms with van der Waals surface area (Å²) < 4.78 is 1.33. The quantitative estimate of drug-likeness (QED) is 0.230. The van der Waals surface area contributed by atoms with E-state index >= 15 is 0 Å². The standard InChI is InChI=1S/C16H28IN3OS.HI/c1-3-5-13(9-11-21)12-20-16(18-4-2)19-10-8-14-6-7-15(17)22-14;/h6-7,13,21H,3-5,8-12H2,1-2H3,(H2,18,19,20);1H. The molecule has 1 unspecified atom stereocenters. The first kappa shape index (κ1) is 23.4. The third-order valence-electron chi connectivity index (χ3n) is 3.38. The van der Waals surface area contributed by atoms with Crippen LogP contribution in [0.2, 0.25) is 0 Å². The zero-order chi connectivity index (χ0) is 16.2. The van der Waals surface area contributed by atoms with E-state index in [0.717, 1.165) is 51.3 Å². The number of halogens is 2. The van der Waals surface area contributed by atoms with E-state index in [4.69, 9.17) is 5.11 Å². The molecule has 1 atom stereocenters. The molecule has 0 aliphatic rings. The second-order valence-corrected chi connectivity index (χ2v) is 8.33. The third-order valence-corrected chi connectivity index (χ3v) is 5.33. The summed E-state index contributed by atoms with van der Waals surface area (Å²) in [7, 11) is 0. The van der Waals surface area contributed by atoms with E-state index in [1.54, 1.807) is 0 Å². The minimum Gasteiger partial charge on any atom is -0.396 e. The lowest BCUT2D eigenvalue weighted by molar-refractivity contribution is 0.253. The van der Waals surface area contributed by atoms with Crippen molar-refractivity contribution < 1.29 is 5.11 Å². The molecule has 0 fully saturated rings. The zero-order valence-corrected chi connectivity index (χ0v) is 19.3. The number of thiophene rings is 1. The van der Waals surface area contributed by atoms with Gasteiger partial charge in [0, 0.05) is 31.1 Å². The molecule has 0 spiro atoms. The Morgan fingerprint density at radius 2 is 2.09 bits per heavy atom. The Bertz CT molecular complexity index is 435. The van der Waals surface area contributed by atoms with Crippen LogP contribution in [0.3, 0.4) is 0 Å². The number of aliphatic imine (C=N–C) groups is 1. The van der Waals surface area contributed by atoms with E-state index in [0.29, 0.717) is 5.92 Å². The van der Waals surface area contributed by atoms with Crippen molar-refractivity contribution in [2.75, 3.05) is 26.2 Å². The van der Waals surface area contributed by atoms with E-state index in [1.807, 2.05) is 11.3 Å². The molecule has 134 valence electrons. The van der Waals surface area contributed by atoms with Gasteiger partial charge in [-0.3, -0.25) is 4.99 Å². The molecule has 1 aromatic heterocycles. The van der Waals surface area contributed by atoms with Crippen LogP contribution in [0, 0.1) is 8.80 Å². The monoisotopic (exact) mass is 565 g/mol. The van der Waals surface area contributed by atoms with Gasteiger partial charge in [0.25, 0.3) is 0 Å². The fourth-order valence-corrected chi connectivity index (χ4v) is 4.03. The van der Waals surface area contributed by atoms with E-state index in [1.165, 1.54) is 7.76 Å². The van der Waals surface area contributed by atoms with E-state index in [9.17, 15) is 0 Å². The van der Waals surface area contributed by atoms with Gasteiger partial charge in [0.2, 0.25) is 0 Å². The zero-order valence-electron chi connectivity index (χ0n) is 14.0. The first-order chi connectivity index (χ1) is 10.7. The molecule has 0 radical (unpaired) electrons. The fourth-order valence-electron chi connectivity index (χ4n) is 2.27. The maximum atomic E-state index is 9.12. The average molecular weight is 565 g/mol. The summed E-state index contributed by atoms with van der Waals surface area (Å²) in [6.07, 6.45) is 4.12. The number of nitrogens with zero attached hydrogens (tertiary/aromatic N) is 1.